The van der Waals surface area contributed by atoms with Gasteiger partial charge in [0.05, 0.1) is 12.5 Å². The van der Waals surface area contributed by atoms with E-state index in [-0.39, 0.29) is 23.8 Å². The lowest BCUT2D eigenvalue weighted by Gasteiger charge is -2.25. The highest BCUT2D eigenvalue weighted by Gasteiger charge is 2.30. The van der Waals surface area contributed by atoms with Crippen LogP contribution in [0.25, 0.3) is 0 Å². The number of carboxylic acids is 1. The molecule has 0 radical (unpaired) electrons. The van der Waals surface area contributed by atoms with Gasteiger partial charge in [0.1, 0.15) is 18.1 Å². The Labute approximate surface area is 179 Å². The Bertz CT molecular complexity index is 619. The van der Waals surface area contributed by atoms with Gasteiger partial charge in [-0.3, -0.25) is 19.2 Å². The van der Waals surface area contributed by atoms with Gasteiger partial charge in [0.2, 0.25) is 23.6 Å². The predicted molar refractivity (Wildman–Crippen MR) is 112 cm³/mol. The van der Waals surface area contributed by atoms with Crippen LogP contribution < -0.4 is 27.4 Å². The number of hydrogen-bond donors (Lipinski definition) is 8. The predicted octanol–water partition coefficient (Wildman–Crippen LogP) is -2.37. The molecule has 29 heavy (non-hydrogen) atoms. The van der Waals surface area contributed by atoms with Crippen molar-refractivity contribution in [2.75, 3.05) is 11.5 Å². The number of carbonyl (C=O) groups is 5. The Balaban J connectivity index is 5.27. The van der Waals surface area contributed by atoms with E-state index in [0.29, 0.717) is 0 Å². The summed E-state index contributed by atoms with van der Waals surface area (Å²) in [7, 11) is 0. The van der Waals surface area contributed by atoms with E-state index in [2.05, 4.69) is 41.2 Å². The maximum Gasteiger partial charge on any atom is 0.326 e. The van der Waals surface area contributed by atoms with Crippen LogP contribution in [-0.2, 0) is 24.0 Å². The molecule has 0 heterocycles. The molecule has 166 valence electrons. The van der Waals surface area contributed by atoms with Gasteiger partial charge in [0.15, 0.2) is 0 Å². The van der Waals surface area contributed by atoms with Crippen molar-refractivity contribution in [1.29, 1.82) is 0 Å². The van der Waals surface area contributed by atoms with Crippen LogP contribution in [0.15, 0.2) is 0 Å². The first-order valence-corrected chi connectivity index (χ1v) is 10.1. The summed E-state index contributed by atoms with van der Waals surface area (Å²) >= 11 is 7.94. The summed E-state index contributed by atoms with van der Waals surface area (Å²) in [6, 6.07) is -4.62. The molecule has 4 atom stereocenters. The second-order valence-corrected chi connectivity index (χ2v) is 7.52. The van der Waals surface area contributed by atoms with Crippen molar-refractivity contribution in [2.45, 2.75) is 50.9 Å². The third kappa shape index (κ3) is 10.4. The maximum atomic E-state index is 12.5. The van der Waals surface area contributed by atoms with Gasteiger partial charge >= 0.3 is 5.97 Å². The van der Waals surface area contributed by atoms with Gasteiger partial charge < -0.3 is 32.5 Å². The number of hydrogen-bond acceptors (Lipinski definition) is 8. The molecule has 13 heteroatoms. The third-order valence-electron chi connectivity index (χ3n) is 3.71. The molecule has 0 fully saturated rings. The Morgan fingerprint density at radius 2 is 1.34 bits per heavy atom. The molecule has 11 nitrogen and oxygen atoms in total. The number of rotatable bonds is 13. The molecular weight excluding hydrogens is 422 g/mol. The van der Waals surface area contributed by atoms with Gasteiger partial charge in [0, 0.05) is 11.5 Å². The lowest BCUT2D eigenvalue weighted by Crippen LogP contribution is -2.58. The van der Waals surface area contributed by atoms with E-state index < -0.39 is 60.2 Å². The molecule has 8 N–H and O–H groups in total. The molecule has 0 aliphatic carbocycles. The Kier molecular flexibility index (Phi) is 12.4. The van der Waals surface area contributed by atoms with E-state index in [1.54, 1.807) is 13.8 Å². The third-order valence-corrected chi connectivity index (χ3v) is 4.47. The number of amides is 4. The summed E-state index contributed by atoms with van der Waals surface area (Å²) in [5.41, 5.74) is 10.6. The molecule has 0 aliphatic heterocycles. The van der Waals surface area contributed by atoms with Crippen molar-refractivity contribution in [3.63, 3.8) is 0 Å². The number of carboxylic acid groups (broad SMARTS) is 1. The van der Waals surface area contributed by atoms with E-state index in [0.717, 1.165) is 0 Å². The number of nitrogens with one attached hydrogen (secondary N) is 3. The summed E-state index contributed by atoms with van der Waals surface area (Å²) in [5.74, 6) is -4.46. The van der Waals surface area contributed by atoms with Crippen molar-refractivity contribution in [3.8, 4) is 0 Å². The monoisotopic (exact) mass is 451 g/mol. The van der Waals surface area contributed by atoms with Crippen LogP contribution in [0.5, 0.6) is 0 Å². The summed E-state index contributed by atoms with van der Waals surface area (Å²) in [6.45, 7) is 3.60. The highest BCUT2D eigenvalue weighted by molar-refractivity contribution is 7.80. The van der Waals surface area contributed by atoms with Gasteiger partial charge in [-0.2, -0.15) is 25.3 Å². The fourth-order valence-electron chi connectivity index (χ4n) is 2.20. The molecule has 0 aromatic carbocycles. The zero-order valence-electron chi connectivity index (χ0n) is 16.3. The standard InChI is InChI=1S/C16H29N5O6S2/c1-7(2)3-9(14(24)20-10(16(26)27)4-12(18)22)19-15(25)11(6-29)21-13(23)8(17)5-28/h7-11,28-29H,3-6,17H2,1-2H3,(H2,18,22)(H,19,25)(H,20,24)(H,21,23)(H,26,27). The van der Waals surface area contributed by atoms with Crippen molar-refractivity contribution >= 4 is 54.9 Å². The van der Waals surface area contributed by atoms with Gasteiger partial charge in [0.25, 0.3) is 0 Å². The topological polar surface area (TPSA) is 194 Å². The van der Waals surface area contributed by atoms with Gasteiger partial charge in [-0.15, -0.1) is 0 Å². The van der Waals surface area contributed by atoms with E-state index >= 15 is 0 Å². The highest BCUT2D eigenvalue weighted by Crippen LogP contribution is 2.07. The van der Waals surface area contributed by atoms with Crippen LogP contribution in [0, 0.1) is 5.92 Å². The second kappa shape index (κ2) is 13.3. The molecule has 0 rings (SSSR count). The van der Waals surface area contributed by atoms with Crippen LogP contribution in [0.3, 0.4) is 0 Å². The minimum atomic E-state index is -1.53. The first kappa shape index (κ1) is 27.0. The SMILES string of the molecule is CC(C)CC(NC(=O)C(CS)NC(=O)C(N)CS)C(=O)NC(CC(N)=O)C(=O)O. The van der Waals surface area contributed by atoms with Crippen molar-refractivity contribution in [1.82, 2.24) is 16.0 Å². The summed E-state index contributed by atoms with van der Waals surface area (Å²) in [4.78, 5) is 59.1. The molecule has 0 bridgehead atoms. The average molecular weight is 452 g/mol. The second-order valence-electron chi connectivity index (χ2n) is 6.79. The summed E-state index contributed by atoms with van der Waals surface area (Å²) in [6.07, 6.45) is -0.412. The molecule has 0 saturated heterocycles. The lowest BCUT2D eigenvalue weighted by molar-refractivity contribution is -0.143. The van der Waals surface area contributed by atoms with Crippen LogP contribution >= 0.6 is 25.3 Å². The first-order valence-electron chi connectivity index (χ1n) is 8.82. The average Bonchev–Trinajstić information content (AvgIpc) is 2.62. The van der Waals surface area contributed by atoms with Crippen LogP contribution in [-0.4, -0.2) is 70.4 Å². The van der Waals surface area contributed by atoms with Crippen molar-refractivity contribution < 1.29 is 29.1 Å². The fourth-order valence-corrected chi connectivity index (χ4v) is 2.63. The van der Waals surface area contributed by atoms with Gasteiger partial charge in [-0.1, -0.05) is 13.8 Å². The van der Waals surface area contributed by atoms with Crippen molar-refractivity contribution in [3.05, 3.63) is 0 Å². The summed E-state index contributed by atoms with van der Waals surface area (Å²) in [5, 5.41) is 16.2. The fraction of sp³-hybridized carbons (Fsp3) is 0.688. The Morgan fingerprint density at radius 1 is 0.862 bits per heavy atom. The molecule has 0 spiro atoms. The van der Waals surface area contributed by atoms with Crippen LogP contribution in [0.4, 0.5) is 0 Å². The molecule has 0 aliphatic rings. The molecule has 4 unspecified atom stereocenters. The zero-order valence-corrected chi connectivity index (χ0v) is 18.0. The number of nitrogens with two attached hydrogens (primary N) is 2. The van der Waals surface area contributed by atoms with E-state index in [4.69, 9.17) is 16.6 Å². The largest absolute Gasteiger partial charge is 0.480 e. The highest BCUT2D eigenvalue weighted by atomic mass is 32.1. The number of thiol groups is 2. The van der Waals surface area contributed by atoms with Gasteiger partial charge in [-0.05, 0) is 12.3 Å². The van der Waals surface area contributed by atoms with Gasteiger partial charge in [-0.25, -0.2) is 4.79 Å². The maximum absolute atomic E-state index is 12.5. The quantitative estimate of drug-likeness (QED) is 0.143. The molecule has 0 aromatic heterocycles. The molecular formula is C16H29N5O6S2. The van der Waals surface area contributed by atoms with Crippen molar-refractivity contribution in [2.24, 2.45) is 17.4 Å². The van der Waals surface area contributed by atoms with E-state index in [1.807, 2.05) is 0 Å². The first-order chi connectivity index (χ1) is 13.4. The minimum Gasteiger partial charge on any atom is -0.480 e. The van der Waals surface area contributed by atoms with E-state index in [9.17, 15) is 24.0 Å². The number of primary amides is 1. The zero-order chi connectivity index (χ0) is 22.7. The summed E-state index contributed by atoms with van der Waals surface area (Å²) < 4.78 is 0. The molecule has 4 amide bonds. The smallest absolute Gasteiger partial charge is 0.326 e. The number of carbonyl (C=O) groups excluding carboxylic acids is 4. The van der Waals surface area contributed by atoms with Crippen LogP contribution in [0.1, 0.15) is 26.7 Å². The Hall–Kier alpha value is -1.99. The molecule has 0 aromatic rings. The Morgan fingerprint density at radius 3 is 1.76 bits per heavy atom. The minimum absolute atomic E-state index is 0.0351. The van der Waals surface area contributed by atoms with E-state index in [1.165, 1.54) is 0 Å². The number of aliphatic carboxylic acids is 1. The molecule has 0 saturated carbocycles. The normalized spacial score (nSPS) is 15.0. The lowest BCUT2D eigenvalue weighted by atomic mass is 10.0. The van der Waals surface area contributed by atoms with Crippen LogP contribution in [0.2, 0.25) is 0 Å².